The second-order valence-corrected chi connectivity index (χ2v) is 6.74. The average Bonchev–Trinajstić information content (AvgIpc) is 2.45. The van der Waals surface area contributed by atoms with E-state index in [2.05, 4.69) is 0 Å². The summed E-state index contributed by atoms with van der Waals surface area (Å²) in [4.78, 5) is 11.7. The van der Waals surface area contributed by atoms with Gasteiger partial charge in [-0.05, 0) is 42.8 Å². The molecule has 116 valence electrons. The Kier molecular flexibility index (Phi) is 4.51. The number of ether oxygens (including phenoxy) is 1. The maximum Gasteiger partial charge on any atom is 0.337 e. The number of hydrogen-bond donors (Lipinski definition) is 0. The molecule has 0 saturated carbocycles. The van der Waals surface area contributed by atoms with Gasteiger partial charge in [-0.3, -0.25) is 0 Å². The van der Waals surface area contributed by atoms with Gasteiger partial charge in [0, 0.05) is 0 Å². The van der Waals surface area contributed by atoms with Crippen molar-refractivity contribution >= 4 is 27.4 Å². The molecule has 0 unspecified atom stereocenters. The predicted octanol–water partition coefficient (Wildman–Crippen LogP) is 2.88. The predicted molar refractivity (Wildman–Crippen MR) is 85.9 cm³/mol. The zero-order valence-electron chi connectivity index (χ0n) is 12.6. The zero-order chi connectivity index (χ0) is 16.3. The van der Waals surface area contributed by atoms with E-state index < -0.39 is 16.0 Å². The first-order chi connectivity index (χ1) is 10.3. The number of benzene rings is 2. The van der Waals surface area contributed by atoms with Crippen LogP contribution in [0.15, 0.2) is 48.5 Å². The van der Waals surface area contributed by atoms with Gasteiger partial charge in [0.05, 0.1) is 30.3 Å². The summed E-state index contributed by atoms with van der Waals surface area (Å²) < 4.78 is 30.3. The Morgan fingerprint density at radius 1 is 1.05 bits per heavy atom. The molecule has 6 heteroatoms. The highest BCUT2D eigenvalue weighted by Gasteiger charge is 2.21. The van der Waals surface area contributed by atoms with Crippen molar-refractivity contribution in [3.05, 3.63) is 59.7 Å². The number of carbonyl (C=O) groups is 1. The Morgan fingerprint density at radius 3 is 2.23 bits per heavy atom. The van der Waals surface area contributed by atoms with E-state index in [0.29, 0.717) is 16.9 Å². The van der Waals surface area contributed by atoms with Crippen LogP contribution in [0, 0.1) is 6.92 Å². The SMILES string of the molecule is COC(=O)c1cc(C)cc(N(c2ccccc2)S(C)(=O)=O)c1. The lowest BCUT2D eigenvalue weighted by atomic mass is 10.1. The highest BCUT2D eigenvalue weighted by molar-refractivity contribution is 7.92. The first kappa shape index (κ1) is 16.0. The van der Waals surface area contributed by atoms with E-state index >= 15 is 0 Å². The monoisotopic (exact) mass is 319 g/mol. The third-order valence-corrected chi connectivity index (χ3v) is 4.12. The number of sulfonamides is 1. The smallest absolute Gasteiger partial charge is 0.337 e. The van der Waals surface area contributed by atoms with E-state index in [1.807, 2.05) is 0 Å². The Balaban J connectivity index is 2.64. The number of hydrogen-bond acceptors (Lipinski definition) is 4. The molecule has 2 aromatic carbocycles. The van der Waals surface area contributed by atoms with Crippen LogP contribution in [-0.2, 0) is 14.8 Å². The van der Waals surface area contributed by atoms with E-state index in [4.69, 9.17) is 4.74 Å². The fourth-order valence-corrected chi connectivity index (χ4v) is 3.20. The van der Waals surface area contributed by atoms with Crippen molar-refractivity contribution in [3.63, 3.8) is 0 Å². The van der Waals surface area contributed by atoms with Crippen molar-refractivity contribution in [2.24, 2.45) is 0 Å². The lowest BCUT2D eigenvalue weighted by Crippen LogP contribution is -2.25. The molecule has 0 aliphatic rings. The summed E-state index contributed by atoms with van der Waals surface area (Å²) >= 11 is 0. The molecule has 0 radical (unpaired) electrons. The van der Waals surface area contributed by atoms with Crippen LogP contribution in [0.3, 0.4) is 0 Å². The van der Waals surface area contributed by atoms with Crippen molar-refractivity contribution < 1.29 is 17.9 Å². The zero-order valence-corrected chi connectivity index (χ0v) is 13.4. The highest BCUT2D eigenvalue weighted by atomic mass is 32.2. The molecule has 0 spiro atoms. The molecule has 0 bridgehead atoms. The number of anilines is 2. The van der Waals surface area contributed by atoms with Gasteiger partial charge in [-0.1, -0.05) is 18.2 Å². The van der Waals surface area contributed by atoms with E-state index in [0.717, 1.165) is 11.8 Å². The molecule has 0 fully saturated rings. The summed E-state index contributed by atoms with van der Waals surface area (Å²) in [5.41, 5.74) is 1.98. The normalized spacial score (nSPS) is 11.0. The van der Waals surface area contributed by atoms with Crippen LogP contribution in [0.1, 0.15) is 15.9 Å². The number of para-hydroxylation sites is 1. The number of esters is 1. The Labute approximate surface area is 130 Å². The van der Waals surface area contributed by atoms with Gasteiger partial charge in [0.2, 0.25) is 10.0 Å². The van der Waals surface area contributed by atoms with Gasteiger partial charge < -0.3 is 4.74 Å². The fourth-order valence-electron chi connectivity index (χ4n) is 2.21. The maximum absolute atomic E-state index is 12.2. The molecule has 0 aromatic heterocycles. The third kappa shape index (κ3) is 3.46. The molecule has 0 aliphatic heterocycles. The first-order valence-corrected chi connectivity index (χ1v) is 8.43. The highest BCUT2D eigenvalue weighted by Crippen LogP contribution is 2.30. The molecule has 0 saturated heterocycles. The minimum Gasteiger partial charge on any atom is -0.465 e. The Hall–Kier alpha value is -2.34. The summed E-state index contributed by atoms with van der Waals surface area (Å²) in [5.74, 6) is -0.508. The van der Waals surface area contributed by atoms with Crippen LogP contribution in [0.2, 0.25) is 0 Å². The largest absolute Gasteiger partial charge is 0.465 e. The number of nitrogens with zero attached hydrogens (tertiary/aromatic N) is 1. The van der Waals surface area contributed by atoms with Crippen molar-refractivity contribution in [1.82, 2.24) is 0 Å². The summed E-state index contributed by atoms with van der Waals surface area (Å²) in [6.45, 7) is 1.79. The van der Waals surface area contributed by atoms with E-state index in [1.165, 1.54) is 17.5 Å². The molecular formula is C16H17NO4S. The standard InChI is InChI=1S/C16H17NO4S/c1-12-9-13(16(18)21-2)11-15(10-12)17(22(3,19)20)14-7-5-4-6-8-14/h4-11H,1-3H3. The van der Waals surface area contributed by atoms with Crippen molar-refractivity contribution in [1.29, 1.82) is 0 Å². The van der Waals surface area contributed by atoms with Crippen molar-refractivity contribution in [3.8, 4) is 0 Å². The maximum atomic E-state index is 12.2. The van der Waals surface area contributed by atoms with Gasteiger partial charge >= 0.3 is 5.97 Å². The number of aryl methyl sites for hydroxylation is 1. The van der Waals surface area contributed by atoms with E-state index in [9.17, 15) is 13.2 Å². The summed E-state index contributed by atoms with van der Waals surface area (Å²) in [6.07, 6.45) is 1.13. The molecular weight excluding hydrogens is 302 g/mol. The van der Waals surface area contributed by atoms with Crippen LogP contribution >= 0.6 is 0 Å². The lowest BCUT2D eigenvalue weighted by Gasteiger charge is -2.23. The number of carbonyl (C=O) groups excluding carboxylic acids is 1. The van der Waals surface area contributed by atoms with Crippen molar-refractivity contribution in [2.45, 2.75) is 6.92 Å². The number of rotatable bonds is 4. The second kappa shape index (κ2) is 6.19. The van der Waals surface area contributed by atoms with Crippen LogP contribution in [0.5, 0.6) is 0 Å². The third-order valence-electron chi connectivity index (χ3n) is 3.04. The molecule has 0 N–H and O–H groups in total. The summed E-state index contributed by atoms with van der Waals surface area (Å²) in [7, 11) is -2.27. The van der Waals surface area contributed by atoms with Crippen LogP contribution in [0.25, 0.3) is 0 Å². The van der Waals surface area contributed by atoms with Gasteiger partial charge in [0.25, 0.3) is 0 Å². The van der Waals surface area contributed by atoms with Gasteiger partial charge in [-0.25, -0.2) is 17.5 Å². The van der Waals surface area contributed by atoms with Crippen LogP contribution in [-0.4, -0.2) is 27.8 Å². The van der Waals surface area contributed by atoms with Crippen molar-refractivity contribution in [2.75, 3.05) is 17.7 Å². The van der Waals surface area contributed by atoms with Crippen LogP contribution in [0.4, 0.5) is 11.4 Å². The molecule has 0 amide bonds. The molecule has 0 atom stereocenters. The molecule has 0 heterocycles. The molecule has 0 aliphatic carbocycles. The minimum atomic E-state index is -3.56. The molecule has 5 nitrogen and oxygen atoms in total. The molecule has 2 aromatic rings. The van der Waals surface area contributed by atoms with E-state index in [-0.39, 0.29) is 0 Å². The summed E-state index contributed by atoms with van der Waals surface area (Å²) in [6, 6.07) is 13.6. The molecule has 2 rings (SSSR count). The van der Waals surface area contributed by atoms with E-state index in [1.54, 1.807) is 49.4 Å². The number of methoxy groups -OCH3 is 1. The lowest BCUT2D eigenvalue weighted by molar-refractivity contribution is 0.0600. The first-order valence-electron chi connectivity index (χ1n) is 6.58. The topological polar surface area (TPSA) is 63.7 Å². The van der Waals surface area contributed by atoms with Gasteiger partial charge in [0.1, 0.15) is 0 Å². The minimum absolute atomic E-state index is 0.307. The summed E-state index contributed by atoms with van der Waals surface area (Å²) in [5, 5.41) is 0. The van der Waals surface area contributed by atoms with Gasteiger partial charge in [0.15, 0.2) is 0 Å². The Morgan fingerprint density at radius 2 is 1.68 bits per heavy atom. The van der Waals surface area contributed by atoms with Gasteiger partial charge in [-0.2, -0.15) is 0 Å². The fraction of sp³-hybridized carbons (Fsp3) is 0.188. The van der Waals surface area contributed by atoms with Crippen LogP contribution < -0.4 is 4.31 Å². The van der Waals surface area contributed by atoms with Gasteiger partial charge in [-0.15, -0.1) is 0 Å². The quantitative estimate of drug-likeness (QED) is 0.813. The molecule has 22 heavy (non-hydrogen) atoms. The average molecular weight is 319 g/mol. The second-order valence-electron chi connectivity index (χ2n) is 4.91. The Bertz CT molecular complexity index is 785.